The molecule has 0 aliphatic carbocycles. The molecule has 4 nitrogen and oxygen atoms in total. The number of halogens is 1. The lowest BCUT2D eigenvalue weighted by atomic mass is 10.1. The quantitative estimate of drug-likeness (QED) is 0.792. The van der Waals surface area contributed by atoms with Gasteiger partial charge in [-0.2, -0.15) is 5.10 Å². The zero-order valence-corrected chi connectivity index (χ0v) is 13.1. The summed E-state index contributed by atoms with van der Waals surface area (Å²) in [5.74, 6) is 1.40. The van der Waals surface area contributed by atoms with Crippen LogP contribution in [0.2, 0.25) is 5.02 Å². The van der Waals surface area contributed by atoms with Crippen molar-refractivity contribution in [3.05, 3.63) is 59.2 Å². The number of nitrogens with zero attached hydrogens (tertiary/aromatic N) is 2. The Hall–Kier alpha value is -2.46. The molecule has 0 bridgehead atoms. The summed E-state index contributed by atoms with van der Waals surface area (Å²) >= 11 is 5.94. The van der Waals surface area contributed by atoms with E-state index >= 15 is 0 Å². The molecule has 2 N–H and O–H groups in total. The van der Waals surface area contributed by atoms with Crippen molar-refractivity contribution in [2.45, 2.75) is 6.92 Å². The van der Waals surface area contributed by atoms with Gasteiger partial charge in [0.25, 0.3) is 0 Å². The van der Waals surface area contributed by atoms with E-state index in [4.69, 9.17) is 22.1 Å². The maximum absolute atomic E-state index is 6.31. The lowest BCUT2D eigenvalue weighted by Crippen LogP contribution is -2.02. The number of benzene rings is 2. The molecule has 3 aromatic rings. The third kappa shape index (κ3) is 2.53. The van der Waals surface area contributed by atoms with Crippen molar-refractivity contribution in [3.63, 3.8) is 0 Å². The Balaban J connectivity index is 2.07. The Morgan fingerprint density at radius 3 is 2.27 bits per heavy atom. The maximum Gasteiger partial charge on any atom is 0.135 e. The summed E-state index contributed by atoms with van der Waals surface area (Å²) in [6.07, 6.45) is 0. The smallest absolute Gasteiger partial charge is 0.135 e. The topological polar surface area (TPSA) is 53.1 Å². The first-order valence-corrected chi connectivity index (χ1v) is 7.23. The molecule has 0 amide bonds. The van der Waals surface area contributed by atoms with E-state index in [0.717, 1.165) is 28.3 Å². The standard InChI is InChI=1S/C17H16ClN3O/c1-11-16(12-3-5-13(18)6-4-12)17(19)21(20-11)14-7-9-15(22-2)10-8-14/h3-10H,19H2,1-2H3. The van der Waals surface area contributed by atoms with Crippen LogP contribution in [-0.2, 0) is 0 Å². The van der Waals surface area contributed by atoms with E-state index in [0.29, 0.717) is 10.8 Å². The van der Waals surface area contributed by atoms with Crippen LogP contribution in [0.5, 0.6) is 5.75 Å². The molecule has 0 unspecified atom stereocenters. The minimum absolute atomic E-state index is 0.602. The molecule has 0 spiro atoms. The third-order valence-corrected chi connectivity index (χ3v) is 3.80. The fourth-order valence-electron chi connectivity index (χ4n) is 2.44. The minimum Gasteiger partial charge on any atom is -0.497 e. The van der Waals surface area contributed by atoms with E-state index in [1.807, 2.05) is 55.5 Å². The minimum atomic E-state index is 0.602. The molecule has 2 aromatic carbocycles. The highest BCUT2D eigenvalue weighted by Gasteiger charge is 2.15. The maximum atomic E-state index is 6.31. The van der Waals surface area contributed by atoms with Crippen molar-refractivity contribution in [1.82, 2.24) is 9.78 Å². The summed E-state index contributed by atoms with van der Waals surface area (Å²) < 4.78 is 6.91. The number of ether oxygens (including phenoxy) is 1. The van der Waals surface area contributed by atoms with E-state index in [2.05, 4.69) is 5.10 Å². The van der Waals surface area contributed by atoms with Gasteiger partial charge < -0.3 is 10.5 Å². The van der Waals surface area contributed by atoms with E-state index in [1.54, 1.807) is 11.8 Å². The second-order valence-electron chi connectivity index (χ2n) is 4.96. The Morgan fingerprint density at radius 2 is 1.68 bits per heavy atom. The molecule has 22 heavy (non-hydrogen) atoms. The van der Waals surface area contributed by atoms with Crippen molar-refractivity contribution in [3.8, 4) is 22.6 Å². The van der Waals surface area contributed by atoms with E-state index in [-0.39, 0.29) is 0 Å². The molecular formula is C17H16ClN3O. The van der Waals surface area contributed by atoms with E-state index in [9.17, 15) is 0 Å². The molecule has 0 aliphatic heterocycles. The van der Waals surface area contributed by atoms with Crippen LogP contribution in [0.4, 0.5) is 5.82 Å². The molecule has 0 saturated carbocycles. The van der Waals surface area contributed by atoms with Crippen LogP contribution < -0.4 is 10.5 Å². The molecule has 112 valence electrons. The Kier molecular flexibility index (Phi) is 3.77. The summed E-state index contributed by atoms with van der Waals surface area (Å²) in [6.45, 7) is 1.94. The van der Waals surface area contributed by atoms with Crippen molar-refractivity contribution in [1.29, 1.82) is 0 Å². The number of rotatable bonds is 3. The van der Waals surface area contributed by atoms with Gasteiger partial charge in [0.1, 0.15) is 11.6 Å². The first kappa shape index (κ1) is 14.5. The Bertz CT molecular complexity index is 792. The lowest BCUT2D eigenvalue weighted by Gasteiger charge is -2.06. The van der Waals surface area contributed by atoms with Gasteiger partial charge in [0.05, 0.1) is 18.5 Å². The largest absolute Gasteiger partial charge is 0.497 e. The van der Waals surface area contributed by atoms with Gasteiger partial charge in [0, 0.05) is 10.6 Å². The average Bonchev–Trinajstić information content (AvgIpc) is 2.83. The number of nitrogen functional groups attached to an aromatic ring is 1. The van der Waals surface area contributed by atoms with Gasteiger partial charge in [-0.15, -0.1) is 0 Å². The molecule has 0 atom stereocenters. The van der Waals surface area contributed by atoms with Crippen molar-refractivity contribution in [2.24, 2.45) is 0 Å². The van der Waals surface area contributed by atoms with Gasteiger partial charge in [-0.1, -0.05) is 23.7 Å². The number of hydrogen-bond acceptors (Lipinski definition) is 3. The van der Waals surface area contributed by atoms with E-state index < -0.39 is 0 Å². The van der Waals surface area contributed by atoms with Gasteiger partial charge in [0.15, 0.2) is 0 Å². The first-order chi connectivity index (χ1) is 10.6. The highest BCUT2D eigenvalue weighted by molar-refractivity contribution is 6.30. The van der Waals surface area contributed by atoms with Crippen molar-refractivity contribution < 1.29 is 4.74 Å². The molecule has 1 heterocycles. The molecule has 3 rings (SSSR count). The summed E-state index contributed by atoms with van der Waals surface area (Å²) in [5.41, 5.74) is 10.00. The summed E-state index contributed by atoms with van der Waals surface area (Å²) in [4.78, 5) is 0. The van der Waals surface area contributed by atoms with Gasteiger partial charge in [-0.3, -0.25) is 0 Å². The molecule has 0 fully saturated rings. The molecular weight excluding hydrogens is 298 g/mol. The lowest BCUT2D eigenvalue weighted by molar-refractivity contribution is 0.414. The highest BCUT2D eigenvalue weighted by atomic mass is 35.5. The van der Waals surface area contributed by atoms with Crippen LogP contribution in [0.25, 0.3) is 16.8 Å². The zero-order chi connectivity index (χ0) is 15.7. The fraction of sp³-hybridized carbons (Fsp3) is 0.118. The number of methoxy groups -OCH3 is 1. The average molecular weight is 314 g/mol. The van der Waals surface area contributed by atoms with Gasteiger partial charge in [-0.25, -0.2) is 4.68 Å². The van der Waals surface area contributed by atoms with Gasteiger partial charge in [-0.05, 0) is 48.9 Å². The van der Waals surface area contributed by atoms with E-state index in [1.165, 1.54) is 0 Å². The molecule has 1 aromatic heterocycles. The number of nitrogens with two attached hydrogens (primary N) is 1. The number of aryl methyl sites for hydroxylation is 1. The summed E-state index contributed by atoms with van der Waals surface area (Å²) in [7, 11) is 1.64. The fourth-order valence-corrected chi connectivity index (χ4v) is 2.56. The van der Waals surface area contributed by atoms with Gasteiger partial charge in [0.2, 0.25) is 0 Å². The molecule has 5 heteroatoms. The second kappa shape index (κ2) is 5.73. The summed E-state index contributed by atoms with van der Waals surface area (Å²) in [6, 6.07) is 15.2. The third-order valence-electron chi connectivity index (χ3n) is 3.55. The van der Waals surface area contributed by atoms with Crippen molar-refractivity contribution >= 4 is 17.4 Å². The Labute approximate surface area is 134 Å². The monoisotopic (exact) mass is 313 g/mol. The molecule has 0 saturated heterocycles. The normalized spacial score (nSPS) is 10.7. The highest BCUT2D eigenvalue weighted by Crippen LogP contribution is 2.32. The summed E-state index contributed by atoms with van der Waals surface area (Å²) in [5, 5.41) is 5.25. The van der Waals surface area contributed by atoms with Crippen LogP contribution in [0, 0.1) is 6.92 Å². The van der Waals surface area contributed by atoms with Crippen LogP contribution in [0.3, 0.4) is 0 Å². The zero-order valence-electron chi connectivity index (χ0n) is 12.4. The molecule has 0 radical (unpaired) electrons. The second-order valence-corrected chi connectivity index (χ2v) is 5.40. The van der Waals surface area contributed by atoms with Crippen LogP contribution >= 0.6 is 11.6 Å². The predicted molar refractivity (Wildman–Crippen MR) is 89.7 cm³/mol. The Morgan fingerprint density at radius 1 is 1.05 bits per heavy atom. The van der Waals surface area contributed by atoms with Gasteiger partial charge >= 0.3 is 0 Å². The molecule has 0 aliphatic rings. The number of aromatic nitrogens is 2. The van der Waals surface area contributed by atoms with Crippen LogP contribution in [0.15, 0.2) is 48.5 Å². The number of hydrogen-bond donors (Lipinski definition) is 1. The van der Waals surface area contributed by atoms with Crippen LogP contribution in [0.1, 0.15) is 5.69 Å². The van der Waals surface area contributed by atoms with Crippen LogP contribution in [-0.4, -0.2) is 16.9 Å². The number of anilines is 1. The predicted octanol–water partition coefficient (Wildman–Crippen LogP) is 4.09. The first-order valence-electron chi connectivity index (χ1n) is 6.85. The van der Waals surface area contributed by atoms with Crippen molar-refractivity contribution in [2.75, 3.05) is 12.8 Å². The SMILES string of the molecule is COc1ccc(-n2nc(C)c(-c3ccc(Cl)cc3)c2N)cc1.